The van der Waals surface area contributed by atoms with Gasteiger partial charge in [0.15, 0.2) is 5.03 Å². The van der Waals surface area contributed by atoms with E-state index in [1.807, 2.05) is 13.0 Å². The molecule has 0 spiro atoms. The van der Waals surface area contributed by atoms with Crippen molar-refractivity contribution in [3.8, 4) is 0 Å². The highest BCUT2D eigenvalue weighted by atomic mass is 16.7. The van der Waals surface area contributed by atoms with E-state index in [9.17, 15) is 14.9 Å². The van der Waals surface area contributed by atoms with Crippen molar-refractivity contribution in [3.05, 3.63) is 45.5 Å². The predicted octanol–water partition coefficient (Wildman–Crippen LogP) is 0.917. The Hall–Kier alpha value is -1.91. The van der Waals surface area contributed by atoms with Gasteiger partial charge in [0.25, 0.3) is 0 Å². The highest BCUT2D eigenvalue weighted by molar-refractivity contribution is 5.93. The first-order valence-corrected chi connectivity index (χ1v) is 3.61. The van der Waals surface area contributed by atoms with Gasteiger partial charge in [0.05, 0.1) is 0 Å². The second-order valence-corrected chi connectivity index (χ2v) is 2.57. The van der Waals surface area contributed by atoms with Crippen LogP contribution in [0.25, 0.3) is 0 Å². The van der Waals surface area contributed by atoms with Crippen molar-refractivity contribution < 1.29 is 9.83 Å². The van der Waals surface area contributed by atoms with Crippen molar-refractivity contribution in [2.75, 3.05) is 0 Å². The molecule has 0 radical (unpaired) electrons. The number of hydrazine groups is 1. The summed E-state index contributed by atoms with van der Waals surface area (Å²) in [6, 6.07) is 6.58. The number of carbonyl (C=O) groups excluding carboxylic acids is 1. The summed E-state index contributed by atoms with van der Waals surface area (Å²) in [6.07, 6.45) is 0. The Balaban J connectivity index is 2.83. The van der Waals surface area contributed by atoms with E-state index >= 15 is 0 Å². The molecule has 0 aliphatic heterocycles. The Morgan fingerprint density at radius 1 is 1.54 bits per heavy atom. The van der Waals surface area contributed by atoms with E-state index in [1.54, 1.807) is 17.6 Å². The van der Waals surface area contributed by atoms with Crippen LogP contribution >= 0.6 is 0 Å². The van der Waals surface area contributed by atoms with E-state index in [-0.39, 0.29) is 5.56 Å². The van der Waals surface area contributed by atoms with Crippen LogP contribution < -0.4 is 5.43 Å². The first-order chi connectivity index (χ1) is 6.09. The number of hydrogen-bond donors (Lipinski definition) is 1. The third kappa shape index (κ3) is 2.55. The minimum absolute atomic E-state index is 0.289. The highest BCUT2D eigenvalue weighted by Gasteiger charge is 2.09. The molecule has 0 unspecified atom stereocenters. The van der Waals surface area contributed by atoms with Gasteiger partial charge in [-0.15, -0.1) is 0 Å². The van der Waals surface area contributed by atoms with Crippen LogP contribution in [0.2, 0.25) is 0 Å². The van der Waals surface area contributed by atoms with Gasteiger partial charge in [-0.1, -0.05) is 23.1 Å². The van der Waals surface area contributed by atoms with Gasteiger partial charge in [0, 0.05) is 5.56 Å². The molecule has 1 amide bonds. The first kappa shape index (κ1) is 9.18. The van der Waals surface area contributed by atoms with Crippen molar-refractivity contribution in [1.82, 2.24) is 5.43 Å². The highest BCUT2D eigenvalue weighted by Crippen LogP contribution is 2.03. The molecule has 0 heterocycles. The van der Waals surface area contributed by atoms with Crippen LogP contribution in [0.1, 0.15) is 15.9 Å². The van der Waals surface area contributed by atoms with Crippen LogP contribution in [0.3, 0.4) is 0 Å². The summed E-state index contributed by atoms with van der Waals surface area (Å²) in [4.78, 5) is 21.0. The molecule has 1 rings (SSSR count). The van der Waals surface area contributed by atoms with Gasteiger partial charge in [0.1, 0.15) is 0 Å². The molecule has 13 heavy (non-hydrogen) atoms. The minimum atomic E-state index is -0.870. The molecule has 1 aromatic carbocycles. The molecular weight excluding hydrogens is 172 g/mol. The Bertz CT molecular complexity index is 349. The molecule has 1 N–H and O–H groups in total. The van der Waals surface area contributed by atoms with Crippen molar-refractivity contribution in [2.45, 2.75) is 6.92 Å². The summed E-state index contributed by atoms with van der Waals surface area (Å²) in [5, 5.41) is 9.07. The molecule has 0 aliphatic rings. The molecule has 1 aromatic rings. The molecule has 5 heteroatoms. The Morgan fingerprint density at radius 2 is 2.23 bits per heavy atom. The number of hydrogen-bond acceptors (Lipinski definition) is 3. The second-order valence-electron chi connectivity index (χ2n) is 2.57. The molecule has 0 fully saturated rings. The molecule has 0 saturated carbocycles. The number of aryl methyl sites for hydroxylation is 1. The summed E-state index contributed by atoms with van der Waals surface area (Å²) in [5.74, 6) is -0.700. The van der Waals surface area contributed by atoms with Crippen LogP contribution in [0.5, 0.6) is 0 Å². The fourth-order valence-corrected chi connectivity index (χ4v) is 0.934. The third-order valence-corrected chi connectivity index (χ3v) is 1.47. The number of benzene rings is 1. The third-order valence-electron chi connectivity index (χ3n) is 1.47. The lowest BCUT2D eigenvalue weighted by Gasteiger charge is -1.97. The standard InChI is InChI=1S/C8H8N2O3/c1-6-3-2-4-7(5-6)8(11)9-10(12)13/h2-5H,1H3,(H,9,11). The van der Waals surface area contributed by atoms with E-state index in [4.69, 9.17) is 0 Å². The fraction of sp³-hybridized carbons (Fsp3) is 0.125. The molecule has 0 atom stereocenters. The zero-order chi connectivity index (χ0) is 9.84. The lowest BCUT2D eigenvalue weighted by Crippen LogP contribution is -2.29. The SMILES string of the molecule is Cc1cccc(C(=O)N[N+](=O)[O-])c1. The number of amides is 1. The Morgan fingerprint density at radius 3 is 2.77 bits per heavy atom. The molecule has 68 valence electrons. The van der Waals surface area contributed by atoms with E-state index in [0.29, 0.717) is 0 Å². The van der Waals surface area contributed by atoms with E-state index in [2.05, 4.69) is 0 Å². The zero-order valence-electron chi connectivity index (χ0n) is 6.98. The summed E-state index contributed by atoms with van der Waals surface area (Å²) < 4.78 is 0. The summed E-state index contributed by atoms with van der Waals surface area (Å²) >= 11 is 0. The normalized spacial score (nSPS) is 9.31. The average Bonchev–Trinajstić information content (AvgIpc) is 2.03. The van der Waals surface area contributed by atoms with Gasteiger partial charge in [-0.2, -0.15) is 0 Å². The number of nitrogens with one attached hydrogen (secondary N) is 1. The van der Waals surface area contributed by atoms with Gasteiger partial charge in [-0.05, 0) is 19.1 Å². The largest absolute Gasteiger partial charge is 0.310 e. The molecule has 0 bridgehead atoms. The van der Waals surface area contributed by atoms with Crippen LogP contribution in [0, 0.1) is 17.0 Å². The Labute approximate surface area is 74.5 Å². The van der Waals surface area contributed by atoms with E-state index in [0.717, 1.165) is 5.56 Å². The van der Waals surface area contributed by atoms with Crippen LogP contribution in [-0.4, -0.2) is 10.9 Å². The quantitative estimate of drug-likeness (QED) is 0.543. The van der Waals surface area contributed by atoms with Crippen LogP contribution in [-0.2, 0) is 0 Å². The van der Waals surface area contributed by atoms with Crippen molar-refractivity contribution in [2.24, 2.45) is 0 Å². The molecule has 5 nitrogen and oxygen atoms in total. The molecular formula is C8H8N2O3. The maximum absolute atomic E-state index is 11.1. The van der Waals surface area contributed by atoms with E-state index in [1.165, 1.54) is 6.07 Å². The van der Waals surface area contributed by atoms with Gasteiger partial charge in [0.2, 0.25) is 0 Å². The number of carbonyl (C=O) groups is 1. The first-order valence-electron chi connectivity index (χ1n) is 3.61. The van der Waals surface area contributed by atoms with Gasteiger partial charge < -0.3 is 0 Å². The van der Waals surface area contributed by atoms with Crippen LogP contribution in [0.4, 0.5) is 0 Å². The number of nitrogens with zero attached hydrogens (tertiary/aromatic N) is 1. The second kappa shape index (κ2) is 3.66. The van der Waals surface area contributed by atoms with Crippen molar-refractivity contribution in [3.63, 3.8) is 0 Å². The lowest BCUT2D eigenvalue weighted by molar-refractivity contribution is -0.527. The molecule has 0 saturated heterocycles. The summed E-state index contributed by atoms with van der Waals surface area (Å²) in [5.41, 5.74) is 2.74. The fourth-order valence-electron chi connectivity index (χ4n) is 0.934. The van der Waals surface area contributed by atoms with Gasteiger partial charge in [-0.3, -0.25) is 4.79 Å². The monoisotopic (exact) mass is 180 g/mol. The average molecular weight is 180 g/mol. The van der Waals surface area contributed by atoms with E-state index < -0.39 is 10.9 Å². The number of rotatable bonds is 2. The van der Waals surface area contributed by atoms with Crippen molar-refractivity contribution >= 4 is 5.91 Å². The predicted molar refractivity (Wildman–Crippen MR) is 45.6 cm³/mol. The zero-order valence-corrected chi connectivity index (χ0v) is 6.98. The number of nitro groups is 1. The minimum Gasteiger partial charge on any atom is -0.263 e. The maximum atomic E-state index is 11.1. The molecule has 0 aromatic heterocycles. The van der Waals surface area contributed by atoms with Gasteiger partial charge >= 0.3 is 5.91 Å². The summed E-state index contributed by atoms with van der Waals surface area (Å²) in [7, 11) is 0. The maximum Gasteiger partial charge on any atom is 0.310 e. The van der Waals surface area contributed by atoms with Crippen molar-refractivity contribution in [1.29, 1.82) is 0 Å². The lowest BCUT2D eigenvalue weighted by atomic mass is 10.1. The van der Waals surface area contributed by atoms with Gasteiger partial charge in [-0.25, -0.2) is 10.1 Å². The summed E-state index contributed by atoms with van der Waals surface area (Å²) in [6.45, 7) is 1.81. The topological polar surface area (TPSA) is 72.2 Å². The molecule has 0 aliphatic carbocycles. The Kier molecular flexibility index (Phi) is 2.59. The smallest absolute Gasteiger partial charge is 0.263 e. The van der Waals surface area contributed by atoms with Crippen LogP contribution in [0.15, 0.2) is 24.3 Å².